The number of sulfonamides is 1. The number of benzene rings is 2. The Bertz CT molecular complexity index is 1050. The Balaban J connectivity index is 1.72. The number of hydrogen-bond acceptors (Lipinski definition) is 7. The number of halogens is 1. The first-order valence-electron chi connectivity index (χ1n) is 8.32. The van der Waals surface area contributed by atoms with E-state index in [0.717, 1.165) is 11.3 Å². The quantitative estimate of drug-likeness (QED) is 0.592. The number of nitrogens with one attached hydrogen (secondary N) is 1. The second-order valence-electron chi connectivity index (χ2n) is 5.59. The van der Waals surface area contributed by atoms with Crippen molar-refractivity contribution in [2.45, 2.75) is 18.4 Å². The Hall–Kier alpha value is -2.62. The second-order valence-corrected chi connectivity index (χ2v) is 7.76. The SMILES string of the molecule is CCOc1ccc(-c2noc(CNS(=O)(=O)c3cc(Cl)ccc3OC)n2)cc1. The summed E-state index contributed by atoms with van der Waals surface area (Å²) in [5, 5.41) is 4.15. The van der Waals surface area contributed by atoms with E-state index in [-0.39, 0.29) is 28.1 Å². The third kappa shape index (κ3) is 4.61. The molecule has 0 aliphatic heterocycles. The van der Waals surface area contributed by atoms with E-state index in [0.29, 0.717) is 12.4 Å². The summed E-state index contributed by atoms with van der Waals surface area (Å²) in [6, 6.07) is 11.5. The summed E-state index contributed by atoms with van der Waals surface area (Å²) in [7, 11) is -2.52. The van der Waals surface area contributed by atoms with Gasteiger partial charge in [0.25, 0.3) is 0 Å². The van der Waals surface area contributed by atoms with Gasteiger partial charge in [0.15, 0.2) is 0 Å². The average Bonchev–Trinajstić information content (AvgIpc) is 3.16. The van der Waals surface area contributed by atoms with Crippen molar-refractivity contribution in [2.24, 2.45) is 0 Å². The van der Waals surface area contributed by atoms with Gasteiger partial charge >= 0.3 is 0 Å². The number of aromatic nitrogens is 2. The topological polar surface area (TPSA) is 104 Å². The van der Waals surface area contributed by atoms with E-state index in [2.05, 4.69) is 14.9 Å². The molecular weight excluding hydrogens is 406 g/mol. The zero-order valence-corrected chi connectivity index (χ0v) is 16.7. The van der Waals surface area contributed by atoms with Crippen molar-refractivity contribution in [3.05, 3.63) is 53.4 Å². The number of nitrogens with zero attached hydrogens (tertiary/aromatic N) is 2. The van der Waals surface area contributed by atoms with Gasteiger partial charge in [0.05, 0.1) is 20.3 Å². The highest BCUT2D eigenvalue weighted by molar-refractivity contribution is 7.89. The zero-order chi connectivity index (χ0) is 20.1. The van der Waals surface area contributed by atoms with Crippen LogP contribution in [0.3, 0.4) is 0 Å². The minimum Gasteiger partial charge on any atom is -0.495 e. The molecule has 0 fully saturated rings. The van der Waals surface area contributed by atoms with Crippen LogP contribution in [-0.2, 0) is 16.6 Å². The van der Waals surface area contributed by atoms with Crippen molar-refractivity contribution < 1.29 is 22.4 Å². The van der Waals surface area contributed by atoms with E-state index < -0.39 is 10.0 Å². The molecule has 0 radical (unpaired) electrons. The number of rotatable bonds is 8. The molecule has 0 saturated carbocycles. The van der Waals surface area contributed by atoms with Crippen LogP contribution in [0.15, 0.2) is 51.9 Å². The van der Waals surface area contributed by atoms with Crippen LogP contribution in [-0.4, -0.2) is 32.3 Å². The van der Waals surface area contributed by atoms with Crippen LogP contribution in [0.1, 0.15) is 12.8 Å². The average molecular weight is 424 g/mol. The van der Waals surface area contributed by atoms with Crippen LogP contribution in [0.5, 0.6) is 11.5 Å². The monoisotopic (exact) mass is 423 g/mol. The molecule has 8 nitrogen and oxygen atoms in total. The van der Waals surface area contributed by atoms with Gasteiger partial charge in [-0.3, -0.25) is 0 Å². The minimum atomic E-state index is -3.89. The molecule has 3 aromatic rings. The van der Waals surface area contributed by atoms with Crippen molar-refractivity contribution in [2.75, 3.05) is 13.7 Å². The highest BCUT2D eigenvalue weighted by Gasteiger charge is 2.21. The van der Waals surface area contributed by atoms with Gasteiger partial charge in [-0.2, -0.15) is 4.98 Å². The van der Waals surface area contributed by atoms with Gasteiger partial charge < -0.3 is 14.0 Å². The summed E-state index contributed by atoms with van der Waals surface area (Å²) < 4.78 is 43.1. The highest BCUT2D eigenvalue weighted by Crippen LogP contribution is 2.27. The lowest BCUT2D eigenvalue weighted by Crippen LogP contribution is -2.24. The summed E-state index contributed by atoms with van der Waals surface area (Å²) in [5.41, 5.74) is 0.720. The Labute approximate surface area is 167 Å². The van der Waals surface area contributed by atoms with E-state index in [4.69, 9.17) is 25.6 Å². The predicted octanol–water partition coefficient (Wildman–Crippen LogP) is 3.28. The van der Waals surface area contributed by atoms with Gasteiger partial charge in [-0.15, -0.1) is 0 Å². The molecule has 0 spiro atoms. The first kappa shape index (κ1) is 20.1. The fourth-order valence-corrected chi connectivity index (χ4v) is 3.81. The predicted molar refractivity (Wildman–Crippen MR) is 103 cm³/mol. The molecule has 0 saturated heterocycles. The maximum Gasteiger partial charge on any atom is 0.244 e. The van der Waals surface area contributed by atoms with Gasteiger partial charge in [0.1, 0.15) is 16.4 Å². The first-order valence-corrected chi connectivity index (χ1v) is 10.2. The number of methoxy groups -OCH3 is 1. The Kier molecular flexibility index (Phi) is 6.18. The molecule has 28 heavy (non-hydrogen) atoms. The molecule has 0 atom stereocenters. The molecule has 0 unspecified atom stereocenters. The van der Waals surface area contributed by atoms with Crippen molar-refractivity contribution >= 4 is 21.6 Å². The van der Waals surface area contributed by atoms with Crippen molar-refractivity contribution in [1.29, 1.82) is 0 Å². The van der Waals surface area contributed by atoms with Crippen LogP contribution in [0.4, 0.5) is 0 Å². The smallest absolute Gasteiger partial charge is 0.244 e. The molecular formula is C18H18ClN3O5S. The largest absolute Gasteiger partial charge is 0.495 e. The van der Waals surface area contributed by atoms with Crippen LogP contribution in [0, 0.1) is 0 Å². The maximum absolute atomic E-state index is 12.6. The number of ether oxygens (including phenoxy) is 2. The van der Waals surface area contributed by atoms with Crippen molar-refractivity contribution in [3.8, 4) is 22.9 Å². The van der Waals surface area contributed by atoms with Crippen molar-refractivity contribution in [3.63, 3.8) is 0 Å². The molecule has 1 N–H and O–H groups in total. The number of hydrogen-bond donors (Lipinski definition) is 1. The van der Waals surface area contributed by atoms with Crippen molar-refractivity contribution in [1.82, 2.24) is 14.9 Å². The van der Waals surface area contributed by atoms with E-state index in [1.54, 1.807) is 30.3 Å². The molecule has 1 heterocycles. The maximum atomic E-state index is 12.6. The molecule has 0 aliphatic rings. The lowest BCUT2D eigenvalue weighted by Gasteiger charge is -2.09. The van der Waals surface area contributed by atoms with E-state index >= 15 is 0 Å². The molecule has 2 aromatic carbocycles. The summed E-state index contributed by atoms with van der Waals surface area (Å²) in [5.74, 6) is 1.38. The minimum absolute atomic E-state index is 0.0752. The molecule has 0 aliphatic carbocycles. The first-order chi connectivity index (χ1) is 13.4. The Morgan fingerprint density at radius 3 is 2.61 bits per heavy atom. The fourth-order valence-electron chi connectivity index (χ4n) is 2.41. The van der Waals surface area contributed by atoms with Gasteiger partial charge in [-0.25, -0.2) is 13.1 Å². The molecule has 0 amide bonds. The zero-order valence-electron chi connectivity index (χ0n) is 15.2. The fraction of sp³-hybridized carbons (Fsp3) is 0.222. The molecule has 1 aromatic heterocycles. The summed E-state index contributed by atoms with van der Waals surface area (Å²) in [6.07, 6.45) is 0. The standard InChI is InChI=1S/C18H18ClN3O5S/c1-3-26-14-7-4-12(5-8-14)18-21-17(27-22-18)11-20-28(23,24)16-10-13(19)6-9-15(16)25-2/h4-10,20H,3,11H2,1-2H3. The van der Waals surface area contributed by atoms with Crippen LogP contribution in [0.25, 0.3) is 11.4 Å². The van der Waals surface area contributed by atoms with Gasteiger partial charge in [-0.05, 0) is 49.4 Å². The van der Waals surface area contributed by atoms with E-state index in [1.807, 2.05) is 6.92 Å². The Morgan fingerprint density at radius 1 is 1.18 bits per heavy atom. The normalized spacial score (nSPS) is 11.4. The van der Waals surface area contributed by atoms with Gasteiger partial charge in [0, 0.05) is 10.6 Å². The summed E-state index contributed by atoms with van der Waals surface area (Å²) >= 11 is 5.90. The van der Waals surface area contributed by atoms with E-state index in [9.17, 15) is 8.42 Å². The second kappa shape index (κ2) is 8.59. The van der Waals surface area contributed by atoms with E-state index in [1.165, 1.54) is 19.2 Å². The van der Waals surface area contributed by atoms with Crippen LogP contribution in [0.2, 0.25) is 5.02 Å². The van der Waals surface area contributed by atoms with Crippen LogP contribution < -0.4 is 14.2 Å². The summed E-state index contributed by atoms with van der Waals surface area (Å²) in [4.78, 5) is 4.13. The lowest BCUT2D eigenvalue weighted by molar-refractivity contribution is 0.340. The lowest BCUT2D eigenvalue weighted by atomic mass is 10.2. The van der Waals surface area contributed by atoms with Crippen LogP contribution >= 0.6 is 11.6 Å². The Morgan fingerprint density at radius 2 is 1.93 bits per heavy atom. The molecule has 10 heteroatoms. The molecule has 0 bridgehead atoms. The third-order valence-electron chi connectivity index (χ3n) is 3.72. The third-order valence-corrected chi connectivity index (χ3v) is 5.38. The molecule has 3 rings (SSSR count). The van der Waals surface area contributed by atoms with Gasteiger partial charge in [0.2, 0.25) is 21.7 Å². The van der Waals surface area contributed by atoms with Gasteiger partial charge in [-0.1, -0.05) is 16.8 Å². The highest BCUT2D eigenvalue weighted by atomic mass is 35.5. The molecule has 148 valence electrons. The summed E-state index contributed by atoms with van der Waals surface area (Å²) in [6.45, 7) is 2.30.